The molecule has 0 aliphatic heterocycles. The van der Waals surface area contributed by atoms with E-state index in [1.54, 1.807) is 0 Å². The van der Waals surface area contributed by atoms with Crippen molar-refractivity contribution in [1.29, 1.82) is 0 Å². The molecule has 0 saturated carbocycles. The van der Waals surface area contributed by atoms with E-state index in [-0.39, 0.29) is 5.75 Å². The van der Waals surface area contributed by atoms with E-state index in [1.165, 1.54) is 21.6 Å². The Hall–Kier alpha value is 0.170. The lowest BCUT2D eigenvalue weighted by Gasteiger charge is -1.85. The molecule has 7 heavy (non-hydrogen) atoms. The van der Waals surface area contributed by atoms with Gasteiger partial charge in [0.2, 0.25) is 0 Å². The van der Waals surface area contributed by atoms with Crippen LogP contribution < -0.4 is 0 Å². The highest BCUT2D eigenvalue weighted by molar-refractivity contribution is 8.76. The molecule has 0 fully saturated rings. The molecular formula is C3H6O2S2. The van der Waals surface area contributed by atoms with Crippen LogP contribution in [-0.2, 0) is 4.79 Å². The van der Waals surface area contributed by atoms with Gasteiger partial charge in [-0.1, -0.05) is 21.6 Å². The maximum absolute atomic E-state index is 9.72. The molecule has 0 aromatic heterocycles. The average Bonchev–Trinajstić information content (AvgIpc) is 1.61. The van der Waals surface area contributed by atoms with E-state index in [0.717, 1.165) is 0 Å². The lowest BCUT2D eigenvalue weighted by molar-refractivity contribution is -0.133. The second kappa shape index (κ2) is 4.33. The van der Waals surface area contributed by atoms with Crippen LogP contribution in [0.3, 0.4) is 0 Å². The van der Waals surface area contributed by atoms with Crippen LogP contribution in [0.25, 0.3) is 0 Å². The Kier molecular flexibility index (Phi) is 4.44. The van der Waals surface area contributed by atoms with Gasteiger partial charge in [0.15, 0.2) is 0 Å². The smallest absolute Gasteiger partial charge is 0.314 e. The van der Waals surface area contributed by atoms with Crippen LogP contribution in [0, 0.1) is 0 Å². The lowest BCUT2D eigenvalue weighted by Crippen LogP contribution is -1.95. The SMILES string of the molecule is CSSCC(=O)O. The minimum atomic E-state index is -0.751. The molecule has 42 valence electrons. The topological polar surface area (TPSA) is 37.3 Å². The zero-order chi connectivity index (χ0) is 5.70. The minimum absolute atomic E-state index is 0.196. The number of carboxylic acid groups (broad SMARTS) is 1. The number of rotatable bonds is 3. The first-order valence-corrected chi connectivity index (χ1v) is 4.37. The summed E-state index contributed by atoms with van der Waals surface area (Å²) in [4.78, 5) is 9.72. The van der Waals surface area contributed by atoms with Crippen LogP contribution in [-0.4, -0.2) is 23.1 Å². The van der Waals surface area contributed by atoms with Crippen LogP contribution in [0.2, 0.25) is 0 Å². The van der Waals surface area contributed by atoms with E-state index in [0.29, 0.717) is 0 Å². The van der Waals surface area contributed by atoms with Crippen molar-refractivity contribution in [1.82, 2.24) is 0 Å². The summed E-state index contributed by atoms with van der Waals surface area (Å²) in [6.45, 7) is 0. The lowest BCUT2D eigenvalue weighted by atomic mass is 10.8. The van der Waals surface area contributed by atoms with Crippen LogP contribution in [0.1, 0.15) is 0 Å². The highest BCUT2D eigenvalue weighted by atomic mass is 33.1. The van der Waals surface area contributed by atoms with Crippen molar-refractivity contribution in [2.75, 3.05) is 12.0 Å². The molecule has 4 heteroatoms. The largest absolute Gasteiger partial charge is 0.481 e. The number of hydrogen-bond donors (Lipinski definition) is 1. The van der Waals surface area contributed by atoms with Crippen LogP contribution in [0.5, 0.6) is 0 Å². The first kappa shape index (κ1) is 7.17. The third-order valence-electron chi connectivity index (χ3n) is 0.300. The molecule has 0 aromatic rings. The van der Waals surface area contributed by atoms with Gasteiger partial charge < -0.3 is 5.11 Å². The third-order valence-corrected chi connectivity index (χ3v) is 1.96. The summed E-state index contributed by atoms with van der Waals surface area (Å²) < 4.78 is 0. The number of aliphatic carboxylic acids is 1. The molecule has 2 nitrogen and oxygen atoms in total. The van der Waals surface area contributed by atoms with Gasteiger partial charge in [-0.2, -0.15) is 0 Å². The second-order valence-corrected chi connectivity index (χ2v) is 3.39. The Bertz CT molecular complexity index is 64.0. The van der Waals surface area contributed by atoms with Crippen LogP contribution in [0.4, 0.5) is 0 Å². The maximum Gasteiger partial charge on any atom is 0.314 e. The zero-order valence-electron chi connectivity index (χ0n) is 3.88. The van der Waals surface area contributed by atoms with Crippen molar-refractivity contribution in [3.05, 3.63) is 0 Å². The predicted octanol–water partition coefficient (Wildman–Crippen LogP) is 1.08. The molecule has 1 N–H and O–H groups in total. The van der Waals surface area contributed by atoms with Gasteiger partial charge in [-0.25, -0.2) is 0 Å². The molecule has 0 aliphatic carbocycles. The highest BCUT2D eigenvalue weighted by Crippen LogP contribution is 2.15. The normalized spacial score (nSPS) is 8.71. The number of carbonyl (C=O) groups is 1. The van der Waals surface area contributed by atoms with E-state index >= 15 is 0 Å². The van der Waals surface area contributed by atoms with Gasteiger partial charge in [-0.3, -0.25) is 4.79 Å². The summed E-state index contributed by atoms with van der Waals surface area (Å²) >= 11 is 0. The Morgan fingerprint density at radius 2 is 2.43 bits per heavy atom. The van der Waals surface area contributed by atoms with Crippen molar-refractivity contribution >= 4 is 27.6 Å². The molecule has 0 heterocycles. The van der Waals surface area contributed by atoms with Gasteiger partial charge in [0.25, 0.3) is 0 Å². The van der Waals surface area contributed by atoms with Gasteiger partial charge in [0.1, 0.15) is 5.75 Å². The van der Waals surface area contributed by atoms with E-state index in [4.69, 9.17) is 5.11 Å². The van der Waals surface area contributed by atoms with Crippen LogP contribution >= 0.6 is 21.6 Å². The Balaban J connectivity index is 2.82. The molecule has 0 aromatic carbocycles. The van der Waals surface area contributed by atoms with Crippen molar-refractivity contribution in [2.24, 2.45) is 0 Å². The molecule has 0 rings (SSSR count). The summed E-state index contributed by atoms with van der Waals surface area (Å²) in [5, 5.41) is 8.01. The van der Waals surface area contributed by atoms with Gasteiger partial charge >= 0.3 is 5.97 Å². The summed E-state index contributed by atoms with van der Waals surface area (Å²) in [5.74, 6) is -0.555. The third kappa shape index (κ3) is 6.17. The molecular weight excluding hydrogens is 132 g/mol. The second-order valence-electron chi connectivity index (χ2n) is 0.823. The first-order chi connectivity index (χ1) is 3.27. The maximum atomic E-state index is 9.72. The fourth-order valence-corrected chi connectivity index (χ4v) is 0.984. The Morgan fingerprint density at radius 1 is 1.86 bits per heavy atom. The monoisotopic (exact) mass is 138 g/mol. The highest BCUT2D eigenvalue weighted by Gasteiger charge is 1.91. The molecule has 0 radical (unpaired) electrons. The minimum Gasteiger partial charge on any atom is -0.481 e. The standard InChI is InChI=1S/C3H6O2S2/c1-6-7-2-3(4)5/h2H2,1H3,(H,4,5). The number of carboxylic acids is 1. The first-order valence-electron chi connectivity index (χ1n) is 1.64. The molecule has 0 aliphatic rings. The number of hydrogen-bond acceptors (Lipinski definition) is 3. The summed E-state index contributed by atoms with van der Waals surface area (Å²) in [6, 6.07) is 0. The molecule has 0 amide bonds. The molecule has 0 unspecified atom stereocenters. The van der Waals surface area contributed by atoms with E-state index in [9.17, 15) is 4.79 Å². The van der Waals surface area contributed by atoms with Crippen LogP contribution in [0.15, 0.2) is 0 Å². The molecule has 0 atom stereocenters. The molecule has 0 saturated heterocycles. The average molecular weight is 138 g/mol. The summed E-state index contributed by atoms with van der Waals surface area (Å²) in [5.41, 5.74) is 0. The van der Waals surface area contributed by atoms with Gasteiger partial charge in [-0.05, 0) is 6.26 Å². The van der Waals surface area contributed by atoms with Crippen molar-refractivity contribution in [2.45, 2.75) is 0 Å². The van der Waals surface area contributed by atoms with E-state index < -0.39 is 5.97 Å². The zero-order valence-corrected chi connectivity index (χ0v) is 5.51. The van der Waals surface area contributed by atoms with Gasteiger partial charge in [0, 0.05) is 0 Å². The van der Waals surface area contributed by atoms with Gasteiger partial charge in [-0.15, -0.1) is 0 Å². The fourth-order valence-electron chi connectivity index (χ4n) is 0.109. The van der Waals surface area contributed by atoms with Crippen molar-refractivity contribution in [3.63, 3.8) is 0 Å². The molecule has 0 bridgehead atoms. The van der Waals surface area contributed by atoms with Gasteiger partial charge in [0.05, 0.1) is 0 Å². The van der Waals surface area contributed by atoms with Crippen molar-refractivity contribution in [3.8, 4) is 0 Å². The van der Waals surface area contributed by atoms with E-state index in [1.807, 2.05) is 6.26 Å². The molecule has 0 spiro atoms. The summed E-state index contributed by atoms with van der Waals surface area (Å²) in [6.07, 6.45) is 1.85. The Labute approximate surface area is 50.1 Å². The predicted molar refractivity (Wildman–Crippen MR) is 33.6 cm³/mol. The fraction of sp³-hybridized carbons (Fsp3) is 0.667. The van der Waals surface area contributed by atoms with Crippen molar-refractivity contribution < 1.29 is 9.90 Å². The Morgan fingerprint density at radius 3 is 2.57 bits per heavy atom. The summed E-state index contributed by atoms with van der Waals surface area (Å²) in [7, 11) is 2.80. The quantitative estimate of drug-likeness (QED) is 0.592. The van der Waals surface area contributed by atoms with E-state index in [2.05, 4.69) is 0 Å².